The van der Waals surface area contributed by atoms with E-state index in [0.717, 1.165) is 50.0 Å². The van der Waals surface area contributed by atoms with Gasteiger partial charge >= 0.3 is 0 Å². The second-order valence-corrected chi connectivity index (χ2v) is 9.61. The molecule has 6 aromatic rings. The molecule has 0 radical (unpaired) electrons. The number of ketones is 1. The van der Waals surface area contributed by atoms with Crippen LogP contribution in [0, 0.1) is 5.92 Å². The third-order valence-corrected chi connectivity index (χ3v) is 6.36. The van der Waals surface area contributed by atoms with Crippen molar-refractivity contribution in [2.45, 2.75) is 20.3 Å². The molecule has 7 heteroatoms. The highest BCUT2D eigenvalue weighted by Crippen LogP contribution is 2.30. The van der Waals surface area contributed by atoms with Crippen LogP contribution in [0.2, 0.25) is 0 Å². The number of para-hydroxylation sites is 1. The van der Waals surface area contributed by atoms with Crippen molar-refractivity contribution in [1.82, 2.24) is 25.1 Å². The molecular formula is C30H26N6O. The zero-order chi connectivity index (χ0) is 25.4. The molecule has 0 unspecified atom stereocenters. The van der Waals surface area contributed by atoms with Gasteiger partial charge in [0.15, 0.2) is 11.6 Å². The quantitative estimate of drug-likeness (QED) is 0.208. The molecule has 0 bridgehead atoms. The van der Waals surface area contributed by atoms with Crippen LogP contribution in [-0.2, 0) is 0 Å². The molecule has 0 spiro atoms. The van der Waals surface area contributed by atoms with Crippen LogP contribution >= 0.6 is 0 Å². The predicted molar refractivity (Wildman–Crippen MR) is 148 cm³/mol. The van der Waals surface area contributed by atoms with Crippen molar-refractivity contribution in [1.29, 1.82) is 0 Å². The van der Waals surface area contributed by atoms with Gasteiger partial charge in [0.25, 0.3) is 0 Å². The third-order valence-electron chi connectivity index (χ3n) is 6.36. The largest absolute Gasteiger partial charge is 0.352 e. The lowest BCUT2D eigenvalue weighted by Crippen LogP contribution is -2.03. The topological polar surface area (TPSA) is 99.3 Å². The molecule has 0 amide bonds. The van der Waals surface area contributed by atoms with Crippen LogP contribution in [0.4, 0.5) is 11.5 Å². The number of aromatic nitrogens is 5. The smallest absolute Gasteiger partial charge is 0.179 e. The monoisotopic (exact) mass is 486 g/mol. The third kappa shape index (κ3) is 4.59. The van der Waals surface area contributed by atoms with Crippen LogP contribution in [0.15, 0.2) is 85.2 Å². The summed E-state index contributed by atoms with van der Waals surface area (Å²) >= 11 is 0. The van der Waals surface area contributed by atoms with E-state index in [4.69, 9.17) is 9.97 Å². The minimum atomic E-state index is 0.125. The number of hydrogen-bond donors (Lipinski definition) is 3. The molecule has 0 atom stereocenters. The first-order chi connectivity index (χ1) is 18.0. The summed E-state index contributed by atoms with van der Waals surface area (Å²) in [6, 6.07) is 24.1. The first kappa shape index (κ1) is 22.7. The lowest BCUT2D eigenvalue weighted by Gasteiger charge is -2.12. The lowest BCUT2D eigenvalue weighted by atomic mass is 10.1. The number of Topliss-reactive ketones (excluding diaryl/α,β-unsaturated/α-hetero) is 1. The van der Waals surface area contributed by atoms with Crippen molar-refractivity contribution in [3.05, 3.63) is 90.9 Å². The van der Waals surface area contributed by atoms with Crippen molar-refractivity contribution in [2.75, 3.05) is 5.32 Å². The SMILES string of the molecule is CC(C)CC(=O)c1cc2ccc(-c3nc(Nc4ccc(-c5cn[nH]c5)cc4)c4ccccc4n3)cc2[nH]1. The zero-order valence-corrected chi connectivity index (χ0v) is 20.6. The molecule has 3 aromatic heterocycles. The average molecular weight is 487 g/mol. The van der Waals surface area contributed by atoms with Gasteiger partial charge in [-0.1, -0.05) is 50.2 Å². The standard InChI is InChI=1S/C30H26N6O/c1-18(2)13-28(37)27-14-20-7-8-21(15-26(20)34-27)29-35-25-6-4-3-5-24(25)30(36-29)33-23-11-9-19(10-12-23)22-16-31-32-17-22/h3-12,14-18,34H,13H2,1-2H3,(H,31,32)(H,33,35,36). The number of nitrogens with one attached hydrogen (secondary N) is 3. The molecule has 7 nitrogen and oxygen atoms in total. The Balaban J connectivity index is 1.36. The Morgan fingerprint density at radius 1 is 0.919 bits per heavy atom. The molecule has 3 aromatic carbocycles. The van der Waals surface area contributed by atoms with Gasteiger partial charge in [-0.05, 0) is 47.9 Å². The van der Waals surface area contributed by atoms with Crippen molar-refractivity contribution < 1.29 is 4.79 Å². The first-order valence-electron chi connectivity index (χ1n) is 12.3. The zero-order valence-electron chi connectivity index (χ0n) is 20.6. The second-order valence-electron chi connectivity index (χ2n) is 9.61. The Hall–Kier alpha value is -4.78. The lowest BCUT2D eigenvalue weighted by molar-refractivity contribution is 0.0964. The highest BCUT2D eigenvalue weighted by Gasteiger charge is 2.14. The summed E-state index contributed by atoms with van der Waals surface area (Å²) in [7, 11) is 0. The summed E-state index contributed by atoms with van der Waals surface area (Å²) in [4.78, 5) is 25.6. The summed E-state index contributed by atoms with van der Waals surface area (Å²) in [5, 5.41) is 12.3. The first-order valence-corrected chi connectivity index (χ1v) is 12.3. The molecule has 3 N–H and O–H groups in total. The molecule has 0 aliphatic carbocycles. The summed E-state index contributed by atoms with van der Waals surface area (Å²) < 4.78 is 0. The van der Waals surface area contributed by atoms with E-state index in [2.05, 4.69) is 46.5 Å². The summed E-state index contributed by atoms with van der Waals surface area (Å²) in [6.07, 6.45) is 4.19. The Morgan fingerprint density at radius 3 is 2.51 bits per heavy atom. The molecule has 0 fully saturated rings. The minimum Gasteiger partial charge on any atom is -0.352 e. The fourth-order valence-corrected chi connectivity index (χ4v) is 4.49. The number of benzene rings is 3. The van der Waals surface area contributed by atoms with Gasteiger partial charge in [0.1, 0.15) is 5.82 Å². The van der Waals surface area contributed by atoms with Crippen LogP contribution in [0.25, 0.3) is 44.3 Å². The van der Waals surface area contributed by atoms with Crippen LogP contribution < -0.4 is 5.32 Å². The maximum Gasteiger partial charge on any atom is 0.179 e. The highest BCUT2D eigenvalue weighted by molar-refractivity contribution is 6.00. The Labute approximate surface area is 214 Å². The van der Waals surface area contributed by atoms with Gasteiger partial charge in [-0.15, -0.1) is 0 Å². The number of fused-ring (bicyclic) bond motifs is 2. The molecule has 0 aliphatic rings. The van der Waals surface area contributed by atoms with E-state index in [0.29, 0.717) is 23.9 Å². The van der Waals surface area contributed by atoms with Crippen molar-refractivity contribution in [3.63, 3.8) is 0 Å². The molecule has 0 saturated carbocycles. The minimum absolute atomic E-state index is 0.125. The number of aromatic amines is 2. The molecule has 37 heavy (non-hydrogen) atoms. The van der Waals surface area contributed by atoms with Gasteiger partial charge in [0, 0.05) is 45.7 Å². The van der Waals surface area contributed by atoms with E-state index in [1.54, 1.807) is 6.20 Å². The number of carbonyl (C=O) groups is 1. The fraction of sp³-hybridized carbons (Fsp3) is 0.133. The number of hydrogen-bond acceptors (Lipinski definition) is 5. The summed E-state index contributed by atoms with van der Waals surface area (Å²) in [5.41, 5.74) is 6.31. The average Bonchev–Trinajstić information content (AvgIpc) is 3.59. The van der Waals surface area contributed by atoms with Crippen LogP contribution in [0.1, 0.15) is 30.8 Å². The number of nitrogens with zero attached hydrogens (tertiary/aromatic N) is 3. The van der Waals surface area contributed by atoms with Crippen molar-refractivity contribution in [3.8, 4) is 22.5 Å². The fourth-order valence-electron chi connectivity index (χ4n) is 4.49. The number of carbonyl (C=O) groups excluding carboxylic acids is 1. The normalized spacial score (nSPS) is 11.4. The van der Waals surface area contributed by atoms with E-state index < -0.39 is 0 Å². The molecule has 0 aliphatic heterocycles. The van der Waals surface area contributed by atoms with Gasteiger partial charge < -0.3 is 10.3 Å². The molecule has 0 saturated heterocycles. The second kappa shape index (κ2) is 9.35. The molecule has 3 heterocycles. The van der Waals surface area contributed by atoms with Gasteiger partial charge in [-0.2, -0.15) is 5.10 Å². The van der Waals surface area contributed by atoms with Crippen LogP contribution in [-0.4, -0.2) is 30.9 Å². The number of H-pyrrole nitrogens is 2. The van der Waals surface area contributed by atoms with E-state index in [9.17, 15) is 4.79 Å². The van der Waals surface area contributed by atoms with Gasteiger partial charge in [-0.25, -0.2) is 9.97 Å². The highest BCUT2D eigenvalue weighted by atomic mass is 16.1. The molecular weight excluding hydrogens is 460 g/mol. The number of rotatable bonds is 7. The van der Waals surface area contributed by atoms with Crippen molar-refractivity contribution >= 4 is 39.1 Å². The van der Waals surface area contributed by atoms with E-state index >= 15 is 0 Å². The van der Waals surface area contributed by atoms with E-state index in [1.807, 2.05) is 66.9 Å². The van der Waals surface area contributed by atoms with E-state index in [1.165, 1.54) is 0 Å². The molecule has 182 valence electrons. The maximum absolute atomic E-state index is 12.6. The maximum atomic E-state index is 12.6. The number of anilines is 2. The van der Waals surface area contributed by atoms with Crippen LogP contribution in [0.5, 0.6) is 0 Å². The summed E-state index contributed by atoms with van der Waals surface area (Å²) in [5.74, 6) is 1.78. The van der Waals surface area contributed by atoms with Gasteiger partial charge in [0.2, 0.25) is 0 Å². The predicted octanol–water partition coefficient (Wildman–Crippen LogP) is 7.14. The Morgan fingerprint density at radius 2 is 1.73 bits per heavy atom. The Kier molecular flexibility index (Phi) is 5.73. The van der Waals surface area contributed by atoms with Crippen molar-refractivity contribution in [2.24, 2.45) is 5.92 Å². The van der Waals surface area contributed by atoms with E-state index in [-0.39, 0.29) is 5.78 Å². The van der Waals surface area contributed by atoms with Crippen LogP contribution in [0.3, 0.4) is 0 Å². The summed E-state index contributed by atoms with van der Waals surface area (Å²) in [6.45, 7) is 4.10. The van der Waals surface area contributed by atoms with Gasteiger partial charge in [0.05, 0.1) is 17.4 Å². The molecule has 6 rings (SSSR count). The Bertz CT molecular complexity index is 1720. The van der Waals surface area contributed by atoms with Gasteiger partial charge in [-0.3, -0.25) is 9.89 Å².